The minimum Gasteiger partial charge on any atom is -0.497 e. The van der Waals surface area contributed by atoms with Gasteiger partial charge in [0.05, 0.1) is 99.1 Å². The smallest absolute Gasteiger partial charge is 0.494 e. The van der Waals surface area contributed by atoms with Gasteiger partial charge >= 0.3 is 13.1 Å². The Morgan fingerprint density at radius 3 is 1.31 bits per heavy atom. The Bertz CT molecular complexity index is 5870. The van der Waals surface area contributed by atoms with Gasteiger partial charge in [0.1, 0.15) is 17.2 Å². The van der Waals surface area contributed by atoms with Crippen LogP contribution in [-0.4, -0.2) is 128 Å². The fraction of sp³-hybridized carbons (Fsp3) is 0.216. The number of ether oxygens (including phenoxy) is 3. The topological polar surface area (TPSA) is 300 Å². The average molecular weight is 1680 g/mol. The van der Waals surface area contributed by atoms with E-state index in [1.54, 1.807) is 118 Å². The summed E-state index contributed by atoms with van der Waals surface area (Å²) in [4.78, 5) is 104. The number of nitrogens with one attached hydrogen (secondary N) is 4. The molecule has 6 amide bonds. The van der Waals surface area contributed by atoms with Crippen molar-refractivity contribution in [3.8, 4) is 39.5 Å². The standard InChI is InChI=1S/C33H29N3O5.C25H25N3O2.C24H19BrN2O4.C15H20BNO2/c1-20-29-17-22(13-14-25(29)18-34-20)21-7-5-9-24(15-21)31(37)36-30(23-8-6-10-26(16-23)41-2)19-35-32(38)27-11-3-4-12-28(27)33(39)40;1-16-23-13-18(9-10-21(23)15-27-16)17-5-3-7-20(11-17)25(29)28-24(14-26)19-6-4-8-22(12-19)30-2;1-31-18-9-5-6-15(13-18)21(26-22(28)16-7-4-8-17(25)12-16)14-27-23(29)19-10-2-3-11-20(19)24(27)30;1-10-13-8-12(7-6-11(13)9-17-10)16-18-14(2,3)15(4,5)19-16/h3-17,30H,18-19H2,1-2H3,(H,35,38)(H,36,37)(H,39,40);3-13,24H,14-15,26H2,1-2H3,(H,28,29);2-13,21H,14H2,1H3,(H,26,28);6-8H,9H2,1-5H3. The first-order chi connectivity index (χ1) is 58.2. The van der Waals surface area contributed by atoms with Crippen molar-refractivity contribution in [2.45, 2.75) is 97.4 Å². The van der Waals surface area contributed by atoms with Crippen LogP contribution in [0.5, 0.6) is 17.2 Å². The highest BCUT2D eigenvalue weighted by Crippen LogP contribution is 2.38. The molecule has 3 unspecified atom stereocenters. The molecule has 0 aromatic heterocycles. The molecule has 5 aliphatic rings. The first-order valence-corrected chi connectivity index (χ1v) is 40.3. The second kappa shape index (κ2) is 37.8. The highest BCUT2D eigenvalue weighted by atomic mass is 79.9. The number of halogens is 1. The summed E-state index contributed by atoms with van der Waals surface area (Å²) in [5.74, 6) is -1.34. The van der Waals surface area contributed by atoms with Gasteiger partial charge in [-0.15, -0.1) is 0 Å². The Morgan fingerprint density at radius 2 is 0.851 bits per heavy atom. The number of aromatic carboxylic acids is 1. The summed E-state index contributed by atoms with van der Waals surface area (Å²) in [6.45, 7) is 16.9. The normalized spacial score (nSPS) is 14.8. The minimum absolute atomic E-state index is 0.000737. The van der Waals surface area contributed by atoms with Gasteiger partial charge in [-0.05, 0) is 230 Å². The van der Waals surface area contributed by atoms with Gasteiger partial charge < -0.3 is 55.6 Å². The van der Waals surface area contributed by atoms with E-state index in [4.69, 9.17) is 29.3 Å². The van der Waals surface area contributed by atoms with Crippen LogP contribution in [0, 0.1) is 0 Å². The third-order valence-electron chi connectivity index (χ3n) is 22.3. The molecule has 5 aliphatic heterocycles. The van der Waals surface area contributed by atoms with Crippen molar-refractivity contribution in [1.82, 2.24) is 26.2 Å². The SMILES string of the molecule is CC1=NCc2ccc(B3OC(C)(C)C(C)(C)O3)cc21.COc1cccc(C(CN)NC(=O)c2cccc(-c3ccc4c(c3)C(C)=NC4)c2)c1.COc1cccc(C(CN2C(=O)c3ccccc3C2=O)NC(=O)c2cccc(Br)c2)c1.COc1cccc(C(CNC(=O)c2ccccc2C(=O)O)NC(=O)c2cccc(-c3ccc4c(c3)C(C)=NC4)c2)c1. The van der Waals surface area contributed by atoms with Gasteiger partial charge in [-0.25, -0.2) is 4.79 Å². The third-order valence-corrected chi connectivity index (χ3v) is 22.8. The second-order valence-corrected chi connectivity index (χ2v) is 31.5. The largest absolute Gasteiger partial charge is 0.497 e. The van der Waals surface area contributed by atoms with Crippen molar-refractivity contribution >= 4 is 87.1 Å². The summed E-state index contributed by atoms with van der Waals surface area (Å²) in [7, 11) is 4.43. The maximum atomic E-state index is 13.5. The molecule has 11 aromatic rings. The first-order valence-electron chi connectivity index (χ1n) is 39.6. The summed E-state index contributed by atoms with van der Waals surface area (Å²) in [5.41, 5.74) is 25.4. The molecular weight excluding hydrogens is 1590 g/mol. The van der Waals surface area contributed by atoms with Gasteiger partial charge in [0.25, 0.3) is 35.4 Å². The molecule has 16 rings (SSSR count). The molecule has 0 bridgehead atoms. The number of methoxy groups -OCH3 is 3. The van der Waals surface area contributed by atoms with Crippen LogP contribution in [-0.2, 0) is 28.9 Å². The summed E-state index contributed by atoms with van der Waals surface area (Å²) < 4.78 is 28.9. The zero-order valence-electron chi connectivity index (χ0n) is 68.8. The van der Waals surface area contributed by atoms with E-state index in [1.165, 1.54) is 44.8 Å². The van der Waals surface area contributed by atoms with Crippen molar-refractivity contribution in [2.24, 2.45) is 20.7 Å². The van der Waals surface area contributed by atoms with Crippen molar-refractivity contribution in [3.63, 3.8) is 0 Å². The van der Waals surface area contributed by atoms with E-state index in [1.807, 2.05) is 105 Å². The number of carboxylic acid groups (broad SMARTS) is 1. The predicted molar refractivity (Wildman–Crippen MR) is 474 cm³/mol. The number of imide groups is 1. The monoisotopic (exact) mass is 1680 g/mol. The average Bonchev–Trinajstić information content (AvgIpc) is 1.62. The number of fused-ring (bicyclic) bond motifs is 4. The van der Waals surface area contributed by atoms with Crippen LogP contribution < -0.4 is 46.7 Å². The second-order valence-electron chi connectivity index (χ2n) is 30.6. The highest BCUT2D eigenvalue weighted by Gasteiger charge is 2.52. The van der Waals surface area contributed by atoms with E-state index < -0.39 is 24.0 Å². The number of aliphatic imine (C=N–C) groups is 3. The molecule has 0 aliphatic carbocycles. The number of nitrogens with two attached hydrogens (primary N) is 1. The summed E-state index contributed by atoms with van der Waals surface area (Å²) >= 11 is 3.37. The van der Waals surface area contributed by atoms with Crippen molar-refractivity contribution in [3.05, 3.63) is 342 Å². The zero-order chi connectivity index (χ0) is 85.8. The van der Waals surface area contributed by atoms with Crippen molar-refractivity contribution in [1.29, 1.82) is 0 Å². The molecule has 0 radical (unpaired) electrons. The Kier molecular flexibility index (Phi) is 26.7. The number of carbonyl (C=O) groups is 7. The maximum Gasteiger partial charge on any atom is 0.494 e. The fourth-order valence-electron chi connectivity index (χ4n) is 14.6. The lowest BCUT2D eigenvalue weighted by molar-refractivity contribution is 0.00578. The molecule has 24 heteroatoms. The molecule has 3 atom stereocenters. The molecule has 22 nitrogen and oxygen atoms in total. The van der Waals surface area contributed by atoms with E-state index in [2.05, 4.69) is 135 Å². The number of nitrogens with zero attached hydrogens (tertiary/aromatic N) is 4. The van der Waals surface area contributed by atoms with Crippen LogP contribution in [0.3, 0.4) is 0 Å². The van der Waals surface area contributed by atoms with Gasteiger partial charge in [0.15, 0.2) is 0 Å². The number of carboxylic acids is 1. The van der Waals surface area contributed by atoms with Gasteiger partial charge in [0.2, 0.25) is 0 Å². The lowest BCUT2D eigenvalue weighted by Gasteiger charge is -2.32. The van der Waals surface area contributed by atoms with E-state index in [0.717, 1.165) is 84.9 Å². The number of benzene rings is 11. The molecule has 0 saturated carbocycles. The van der Waals surface area contributed by atoms with E-state index in [9.17, 15) is 38.7 Å². The van der Waals surface area contributed by atoms with Crippen LogP contribution in [0.4, 0.5) is 0 Å². The molecular formula is C97H93BBrN9O13. The van der Waals surface area contributed by atoms with Crippen LogP contribution in [0.1, 0.15) is 189 Å². The molecule has 5 heterocycles. The van der Waals surface area contributed by atoms with E-state index in [0.29, 0.717) is 58.0 Å². The Hall–Kier alpha value is -13.3. The van der Waals surface area contributed by atoms with E-state index >= 15 is 0 Å². The highest BCUT2D eigenvalue weighted by molar-refractivity contribution is 9.10. The fourth-order valence-corrected chi connectivity index (χ4v) is 15.0. The van der Waals surface area contributed by atoms with Gasteiger partial charge in [-0.2, -0.15) is 0 Å². The third kappa shape index (κ3) is 19.9. The Labute approximate surface area is 712 Å². The molecule has 7 N–H and O–H groups in total. The molecule has 0 spiro atoms. The van der Waals surface area contributed by atoms with Crippen LogP contribution >= 0.6 is 15.9 Å². The quantitative estimate of drug-likeness (QED) is 0.0272. The number of rotatable bonds is 22. The number of carbonyl (C=O) groups excluding carboxylic acids is 6. The van der Waals surface area contributed by atoms with Crippen LogP contribution in [0.2, 0.25) is 0 Å². The summed E-state index contributed by atoms with van der Waals surface area (Å²) in [6.07, 6.45) is 0. The zero-order valence-corrected chi connectivity index (χ0v) is 70.4. The Morgan fingerprint density at radius 1 is 0.455 bits per heavy atom. The molecule has 1 saturated heterocycles. The van der Waals surface area contributed by atoms with E-state index in [-0.39, 0.29) is 78.1 Å². The lowest BCUT2D eigenvalue weighted by atomic mass is 9.77. The van der Waals surface area contributed by atoms with Gasteiger partial charge in [-0.1, -0.05) is 149 Å². The summed E-state index contributed by atoms with van der Waals surface area (Å²) in [6, 6.07) is 74.1. The molecule has 614 valence electrons. The number of hydrogen-bond acceptors (Lipinski definition) is 16. The number of hydrogen-bond donors (Lipinski definition) is 6. The molecule has 1 fully saturated rings. The van der Waals surface area contributed by atoms with Crippen molar-refractivity contribution < 1.29 is 62.2 Å². The summed E-state index contributed by atoms with van der Waals surface area (Å²) in [5, 5.41) is 21.3. The van der Waals surface area contributed by atoms with Gasteiger partial charge in [0, 0.05) is 62.5 Å². The van der Waals surface area contributed by atoms with Crippen LogP contribution in [0.15, 0.2) is 268 Å². The minimum atomic E-state index is -1.20. The predicted octanol–water partition coefficient (Wildman–Crippen LogP) is 15.9. The number of amides is 6. The lowest BCUT2D eigenvalue weighted by Crippen LogP contribution is -2.41. The van der Waals surface area contributed by atoms with Gasteiger partial charge in [-0.3, -0.25) is 48.6 Å². The van der Waals surface area contributed by atoms with Crippen LogP contribution in [0.25, 0.3) is 22.3 Å². The molecule has 121 heavy (non-hydrogen) atoms. The van der Waals surface area contributed by atoms with Crippen molar-refractivity contribution in [2.75, 3.05) is 41.0 Å². The Balaban J connectivity index is 0.000000143. The first kappa shape index (κ1) is 85.6. The molecule has 11 aromatic carbocycles. The maximum absolute atomic E-state index is 13.5.